The summed E-state index contributed by atoms with van der Waals surface area (Å²) in [4.78, 5) is 30.9. The second kappa shape index (κ2) is 8.96. The van der Waals surface area contributed by atoms with Crippen molar-refractivity contribution in [2.24, 2.45) is 5.92 Å². The average molecular weight is 471 g/mol. The molecule has 1 saturated carbocycles. The van der Waals surface area contributed by atoms with Crippen molar-refractivity contribution in [2.75, 3.05) is 42.5 Å². The molecule has 7 nitrogen and oxygen atoms in total. The highest BCUT2D eigenvalue weighted by Crippen LogP contribution is 2.43. The van der Waals surface area contributed by atoms with Crippen LogP contribution in [0.15, 0.2) is 54.6 Å². The normalized spacial score (nSPS) is 18.7. The Labute approximate surface area is 205 Å². The maximum atomic E-state index is 13.2. The third kappa shape index (κ3) is 4.04. The van der Waals surface area contributed by atoms with E-state index in [0.717, 1.165) is 66.7 Å². The number of hydrogen-bond acceptors (Lipinski definition) is 5. The number of non-ortho nitro benzene ring substituents is 1. The Morgan fingerprint density at radius 1 is 0.914 bits per heavy atom. The van der Waals surface area contributed by atoms with Crippen molar-refractivity contribution < 1.29 is 9.72 Å². The molecule has 2 aliphatic heterocycles. The second-order valence-corrected chi connectivity index (χ2v) is 10.1. The Morgan fingerprint density at radius 2 is 1.74 bits per heavy atom. The number of carbonyl (C=O) groups excluding carboxylic acids is 1. The minimum absolute atomic E-state index is 0.146. The first-order valence-corrected chi connectivity index (χ1v) is 12.7. The van der Waals surface area contributed by atoms with Gasteiger partial charge in [0.25, 0.3) is 11.6 Å². The zero-order valence-corrected chi connectivity index (χ0v) is 19.9. The van der Waals surface area contributed by atoms with Crippen LogP contribution in [0.25, 0.3) is 10.8 Å². The van der Waals surface area contributed by atoms with Crippen molar-refractivity contribution >= 4 is 33.7 Å². The highest BCUT2D eigenvalue weighted by molar-refractivity contribution is 6.26. The first-order chi connectivity index (χ1) is 17.1. The maximum Gasteiger partial charge on any atom is 0.269 e. The molecule has 180 valence electrons. The van der Waals surface area contributed by atoms with Gasteiger partial charge in [-0.25, -0.2) is 0 Å². The smallest absolute Gasteiger partial charge is 0.269 e. The molecule has 2 fully saturated rings. The fourth-order valence-electron chi connectivity index (χ4n) is 5.82. The molecule has 35 heavy (non-hydrogen) atoms. The van der Waals surface area contributed by atoms with Crippen molar-refractivity contribution in [3.63, 3.8) is 0 Å². The van der Waals surface area contributed by atoms with Gasteiger partial charge in [-0.2, -0.15) is 0 Å². The van der Waals surface area contributed by atoms with E-state index in [1.54, 1.807) is 18.2 Å². The predicted octanol–water partition coefficient (Wildman–Crippen LogP) is 5.22. The Hall–Kier alpha value is -3.45. The van der Waals surface area contributed by atoms with Gasteiger partial charge in [0.05, 0.1) is 10.6 Å². The molecule has 3 aromatic carbocycles. The first kappa shape index (κ1) is 22.0. The number of hydrogen-bond donors (Lipinski definition) is 0. The zero-order chi connectivity index (χ0) is 23.9. The van der Waals surface area contributed by atoms with E-state index in [1.165, 1.54) is 24.9 Å². The quantitative estimate of drug-likeness (QED) is 0.365. The van der Waals surface area contributed by atoms with Crippen molar-refractivity contribution in [3.05, 3.63) is 75.8 Å². The molecule has 1 saturated heterocycles. The van der Waals surface area contributed by atoms with E-state index < -0.39 is 0 Å². The van der Waals surface area contributed by atoms with Crippen LogP contribution in [0.1, 0.15) is 41.6 Å². The van der Waals surface area contributed by atoms with Gasteiger partial charge in [-0.3, -0.25) is 19.8 Å². The molecule has 0 unspecified atom stereocenters. The van der Waals surface area contributed by atoms with Gasteiger partial charge < -0.3 is 9.80 Å². The molecular formula is C28H30N4O3. The summed E-state index contributed by atoms with van der Waals surface area (Å²) in [5, 5.41) is 13.4. The van der Waals surface area contributed by atoms with Crippen LogP contribution in [-0.2, 0) is 6.54 Å². The molecule has 0 aromatic heterocycles. The zero-order valence-electron chi connectivity index (χ0n) is 19.9. The van der Waals surface area contributed by atoms with Gasteiger partial charge >= 0.3 is 0 Å². The molecule has 6 rings (SSSR count). The van der Waals surface area contributed by atoms with E-state index in [1.807, 2.05) is 23.1 Å². The van der Waals surface area contributed by atoms with Crippen molar-refractivity contribution in [3.8, 4) is 0 Å². The molecule has 0 spiro atoms. The third-order valence-corrected chi connectivity index (χ3v) is 7.88. The Bertz CT molecular complexity index is 1300. The fourth-order valence-corrected chi connectivity index (χ4v) is 5.82. The van der Waals surface area contributed by atoms with E-state index in [9.17, 15) is 14.9 Å². The Kier molecular flexibility index (Phi) is 5.65. The molecule has 0 radical (unpaired) electrons. The molecule has 7 heteroatoms. The topological polar surface area (TPSA) is 69.9 Å². The fraction of sp³-hybridized carbons (Fsp3) is 0.393. The van der Waals surface area contributed by atoms with Gasteiger partial charge in [0.15, 0.2) is 0 Å². The molecule has 0 bridgehead atoms. The molecule has 2 heterocycles. The summed E-state index contributed by atoms with van der Waals surface area (Å²) in [5.74, 6) is 0.777. The minimum Gasteiger partial charge on any atom is -0.370 e. The van der Waals surface area contributed by atoms with Crippen LogP contribution >= 0.6 is 0 Å². The lowest BCUT2D eigenvalue weighted by Crippen LogP contribution is -2.34. The number of nitrogens with zero attached hydrogens (tertiary/aromatic N) is 4. The highest BCUT2D eigenvalue weighted by Gasteiger charge is 2.34. The summed E-state index contributed by atoms with van der Waals surface area (Å²) < 4.78 is 0. The van der Waals surface area contributed by atoms with Crippen LogP contribution in [0.4, 0.5) is 17.1 Å². The van der Waals surface area contributed by atoms with E-state index >= 15 is 0 Å². The lowest BCUT2D eigenvalue weighted by atomic mass is 9.85. The minimum atomic E-state index is -0.332. The van der Waals surface area contributed by atoms with Gasteiger partial charge in [0, 0.05) is 73.4 Å². The highest BCUT2D eigenvalue weighted by atomic mass is 16.6. The first-order valence-electron chi connectivity index (χ1n) is 12.7. The van der Waals surface area contributed by atoms with Crippen LogP contribution in [0.2, 0.25) is 0 Å². The number of benzene rings is 3. The summed E-state index contributed by atoms with van der Waals surface area (Å²) in [7, 11) is 0. The molecule has 3 aliphatic rings. The van der Waals surface area contributed by atoms with Crippen LogP contribution in [0, 0.1) is 16.0 Å². The monoisotopic (exact) mass is 470 g/mol. The predicted molar refractivity (Wildman–Crippen MR) is 138 cm³/mol. The Morgan fingerprint density at radius 3 is 2.54 bits per heavy atom. The number of carbonyl (C=O) groups is 1. The van der Waals surface area contributed by atoms with Gasteiger partial charge in [-0.05, 0) is 48.9 Å². The van der Waals surface area contributed by atoms with E-state index in [-0.39, 0.29) is 16.5 Å². The molecular weight excluding hydrogens is 440 g/mol. The summed E-state index contributed by atoms with van der Waals surface area (Å²) in [6.07, 6.45) is 4.75. The summed E-state index contributed by atoms with van der Waals surface area (Å²) in [5.41, 5.74) is 4.22. The summed E-state index contributed by atoms with van der Waals surface area (Å²) in [6, 6.07) is 17.4. The van der Waals surface area contributed by atoms with E-state index in [2.05, 4.69) is 28.0 Å². The molecule has 0 N–H and O–H groups in total. The molecule has 1 aliphatic carbocycles. The average Bonchev–Trinajstić information content (AvgIpc) is 2.97. The SMILES string of the molecule is O=C1c2cccc3c(N4CCCN(Cc5cccc([N+](=O)[O-])c5)CC4)ccc(c23)N1CC1CCC1. The second-order valence-electron chi connectivity index (χ2n) is 10.1. The van der Waals surface area contributed by atoms with Crippen molar-refractivity contribution in [1.82, 2.24) is 4.90 Å². The van der Waals surface area contributed by atoms with Crippen LogP contribution in [0.3, 0.4) is 0 Å². The standard InChI is InChI=1S/C28H30N4O3/c33-28-24-10-3-9-23-25(11-12-26(27(23)24)31(28)19-20-5-1-6-20)30-14-4-13-29(15-16-30)18-21-7-2-8-22(17-21)32(34)35/h2-3,7-12,17,20H,1,4-6,13-16,18-19H2. The molecule has 3 aromatic rings. The van der Waals surface area contributed by atoms with E-state index in [4.69, 9.17) is 0 Å². The largest absolute Gasteiger partial charge is 0.370 e. The van der Waals surface area contributed by atoms with E-state index in [0.29, 0.717) is 12.5 Å². The van der Waals surface area contributed by atoms with Crippen LogP contribution in [-0.4, -0.2) is 48.5 Å². The molecule has 0 atom stereocenters. The lowest BCUT2D eigenvalue weighted by Gasteiger charge is -2.31. The van der Waals surface area contributed by atoms with Gasteiger partial charge in [-0.15, -0.1) is 0 Å². The van der Waals surface area contributed by atoms with Crippen molar-refractivity contribution in [2.45, 2.75) is 32.2 Å². The van der Waals surface area contributed by atoms with Crippen LogP contribution in [0.5, 0.6) is 0 Å². The van der Waals surface area contributed by atoms with Crippen molar-refractivity contribution in [1.29, 1.82) is 0 Å². The lowest BCUT2D eigenvalue weighted by molar-refractivity contribution is -0.384. The van der Waals surface area contributed by atoms with Gasteiger partial charge in [0.2, 0.25) is 0 Å². The number of nitro groups is 1. The number of anilines is 2. The number of nitro benzene ring substituents is 1. The van der Waals surface area contributed by atoms with Crippen LogP contribution < -0.4 is 9.80 Å². The van der Waals surface area contributed by atoms with Gasteiger partial charge in [0.1, 0.15) is 0 Å². The summed E-state index contributed by atoms with van der Waals surface area (Å²) in [6.45, 7) is 5.21. The third-order valence-electron chi connectivity index (χ3n) is 7.88. The number of rotatable bonds is 6. The Balaban J connectivity index is 1.22. The number of amides is 1. The molecule has 1 amide bonds. The summed E-state index contributed by atoms with van der Waals surface area (Å²) >= 11 is 0. The maximum absolute atomic E-state index is 13.2. The van der Waals surface area contributed by atoms with Gasteiger partial charge in [-0.1, -0.05) is 30.7 Å².